The maximum absolute atomic E-state index is 5.72. The van der Waals surface area contributed by atoms with E-state index in [-0.39, 0.29) is 0 Å². The van der Waals surface area contributed by atoms with Gasteiger partial charge in [-0.2, -0.15) is 0 Å². The third-order valence-electron chi connectivity index (χ3n) is 2.37. The van der Waals surface area contributed by atoms with Crippen molar-refractivity contribution in [2.24, 2.45) is 0 Å². The average Bonchev–Trinajstić information content (AvgIpc) is 2.84. The summed E-state index contributed by atoms with van der Waals surface area (Å²) in [5, 5.41) is 2.79. The maximum Gasteiger partial charge on any atom is 0.210 e. The Morgan fingerprint density at radius 1 is 1.47 bits per heavy atom. The minimum Gasteiger partial charge on any atom is -0.399 e. The van der Waals surface area contributed by atoms with E-state index >= 15 is 0 Å². The van der Waals surface area contributed by atoms with Gasteiger partial charge in [-0.1, -0.05) is 11.3 Å². The first-order valence-electron chi connectivity index (χ1n) is 4.89. The molecule has 0 unspecified atom stereocenters. The van der Waals surface area contributed by atoms with Crippen LogP contribution in [0.3, 0.4) is 0 Å². The number of hydrogen-bond donors (Lipinski definition) is 1. The fourth-order valence-electron chi connectivity index (χ4n) is 1.63. The Kier molecular flexibility index (Phi) is 2.00. The summed E-state index contributed by atoms with van der Waals surface area (Å²) >= 11 is 1.62. The first-order chi connectivity index (χ1) is 7.33. The third kappa shape index (κ3) is 1.53. The molecule has 0 spiro atoms. The molecule has 78 valence electrons. The smallest absolute Gasteiger partial charge is 0.210 e. The Hall–Kier alpha value is -1.33. The van der Waals surface area contributed by atoms with E-state index in [0.717, 1.165) is 40.6 Å². The fraction of sp³-hybridized carbons (Fsp3) is 0.300. The second-order valence-electron chi connectivity index (χ2n) is 3.51. The van der Waals surface area contributed by atoms with Crippen LogP contribution >= 0.6 is 11.3 Å². The summed E-state index contributed by atoms with van der Waals surface area (Å²) in [6.45, 7) is 1.72. The Bertz CT molecular complexity index is 490. The van der Waals surface area contributed by atoms with E-state index in [2.05, 4.69) is 4.98 Å². The van der Waals surface area contributed by atoms with E-state index in [4.69, 9.17) is 10.6 Å². The Balaban J connectivity index is 2.05. The van der Waals surface area contributed by atoms with Crippen molar-refractivity contribution >= 4 is 32.4 Å². The van der Waals surface area contributed by atoms with Crippen LogP contribution in [0, 0.1) is 0 Å². The van der Waals surface area contributed by atoms with Crippen molar-refractivity contribution in [2.75, 3.05) is 23.9 Å². The van der Waals surface area contributed by atoms with Crippen LogP contribution in [0.4, 0.5) is 10.8 Å². The summed E-state index contributed by atoms with van der Waals surface area (Å²) < 4.78 is 1.11. The van der Waals surface area contributed by atoms with Crippen molar-refractivity contribution in [1.29, 1.82) is 0 Å². The topological polar surface area (TPSA) is 51.4 Å². The monoisotopic (exact) mass is 221 g/mol. The van der Waals surface area contributed by atoms with Crippen molar-refractivity contribution in [3.63, 3.8) is 0 Å². The van der Waals surface area contributed by atoms with Gasteiger partial charge >= 0.3 is 0 Å². The molecule has 1 fully saturated rings. The molecule has 0 saturated carbocycles. The van der Waals surface area contributed by atoms with Crippen LogP contribution < -0.4 is 10.8 Å². The van der Waals surface area contributed by atoms with Crippen LogP contribution in [-0.4, -0.2) is 18.1 Å². The molecule has 1 aromatic heterocycles. The van der Waals surface area contributed by atoms with Crippen molar-refractivity contribution < 1.29 is 4.84 Å². The molecule has 1 aromatic carbocycles. The van der Waals surface area contributed by atoms with Gasteiger partial charge in [0.2, 0.25) is 5.13 Å². The molecule has 15 heavy (non-hydrogen) atoms. The van der Waals surface area contributed by atoms with E-state index < -0.39 is 0 Å². The van der Waals surface area contributed by atoms with Gasteiger partial charge in [-0.15, -0.1) is 0 Å². The molecule has 0 radical (unpaired) electrons. The van der Waals surface area contributed by atoms with E-state index in [0.29, 0.717) is 0 Å². The lowest BCUT2D eigenvalue weighted by atomic mass is 10.3. The molecule has 5 heteroatoms. The number of thiazole rings is 1. The van der Waals surface area contributed by atoms with Gasteiger partial charge in [0.1, 0.15) is 0 Å². The van der Waals surface area contributed by atoms with Gasteiger partial charge in [0.05, 0.1) is 23.4 Å². The highest BCUT2D eigenvalue weighted by molar-refractivity contribution is 7.22. The van der Waals surface area contributed by atoms with Gasteiger partial charge in [0.15, 0.2) is 0 Å². The number of nitrogens with zero attached hydrogens (tertiary/aromatic N) is 2. The highest BCUT2D eigenvalue weighted by Gasteiger charge is 2.17. The number of anilines is 2. The molecule has 1 aliphatic rings. The number of rotatable bonds is 1. The maximum atomic E-state index is 5.72. The number of nitrogen functional groups attached to an aromatic ring is 1. The second-order valence-corrected chi connectivity index (χ2v) is 4.52. The van der Waals surface area contributed by atoms with Crippen LogP contribution in [0.1, 0.15) is 6.42 Å². The summed E-state index contributed by atoms with van der Waals surface area (Å²) in [6, 6.07) is 5.77. The predicted octanol–water partition coefficient (Wildman–Crippen LogP) is 2.02. The molecular weight excluding hydrogens is 210 g/mol. The van der Waals surface area contributed by atoms with E-state index in [1.165, 1.54) is 0 Å². The number of hydrogen-bond acceptors (Lipinski definition) is 5. The Labute approximate surface area is 91.2 Å². The van der Waals surface area contributed by atoms with Gasteiger partial charge in [-0.25, -0.2) is 10.0 Å². The SMILES string of the molecule is Nc1ccc2nc(N3CCCO3)sc2c1. The van der Waals surface area contributed by atoms with Crippen LogP contribution in [0.25, 0.3) is 10.2 Å². The van der Waals surface area contributed by atoms with Crippen LogP contribution in [-0.2, 0) is 4.84 Å². The van der Waals surface area contributed by atoms with Gasteiger partial charge < -0.3 is 5.73 Å². The molecule has 0 bridgehead atoms. The van der Waals surface area contributed by atoms with Gasteiger partial charge in [0, 0.05) is 5.69 Å². The lowest BCUT2D eigenvalue weighted by molar-refractivity contribution is 0.168. The average molecular weight is 221 g/mol. The molecule has 3 rings (SSSR count). The Morgan fingerprint density at radius 3 is 3.20 bits per heavy atom. The van der Waals surface area contributed by atoms with E-state index in [9.17, 15) is 0 Å². The Morgan fingerprint density at radius 2 is 2.40 bits per heavy atom. The second kappa shape index (κ2) is 3.36. The molecule has 1 saturated heterocycles. The lowest BCUT2D eigenvalue weighted by Crippen LogP contribution is -2.15. The van der Waals surface area contributed by atoms with Gasteiger partial charge in [0.25, 0.3) is 0 Å². The van der Waals surface area contributed by atoms with E-state index in [1.54, 1.807) is 11.3 Å². The molecular formula is C10H11N3OS. The van der Waals surface area contributed by atoms with Crippen molar-refractivity contribution in [3.8, 4) is 0 Å². The molecule has 4 nitrogen and oxygen atoms in total. The quantitative estimate of drug-likeness (QED) is 0.748. The normalized spacial score (nSPS) is 16.4. The summed E-state index contributed by atoms with van der Waals surface area (Å²) in [5.74, 6) is 0. The number of fused-ring (bicyclic) bond motifs is 1. The van der Waals surface area contributed by atoms with Gasteiger partial charge in [-0.3, -0.25) is 4.84 Å². The molecule has 2 aromatic rings. The fourth-order valence-corrected chi connectivity index (χ4v) is 2.63. The summed E-state index contributed by atoms with van der Waals surface area (Å²) in [7, 11) is 0. The van der Waals surface area contributed by atoms with Gasteiger partial charge in [-0.05, 0) is 24.6 Å². The zero-order valence-electron chi connectivity index (χ0n) is 8.14. The molecule has 0 aliphatic carbocycles. The standard InChI is InChI=1S/C10H11N3OS/c11-7-2-3-8-9(6-7)15-10(12-8)13-4-1-5-14-13/h2-3,6H,1,4-5,11H2. The number of benzene rings is 1. The first kappa shape index (κ1) is 8.94. The molecule has 0 amide bonds. The highest BCUT2D eigenvalue weighted by Crippen LogP contribution is 2.31. The summed E-state index contributed by atoms with van der Waals surface area (Å²) in [4.78, 5) is 9.95. The molecule has 2 N–H and O–H groups in total. The minimum atomic E-state index is 0.778. The number of nitrogens with two attached hydrogens (primary N) is 1. The van der Waals surface area contributed by atoms with Crippen LogP contribution in [0.15, 0.2) is 18.2 Å². The number of hydroxylamine groups is 1. The first-order valence-corrected chi connectivity index (χ1v) is 5.71. The zero-order valence-corrected chi connectivity index (χ0v) is 8.96. The lowest BCUT2D eigenvalue weighted by Gasteiger charge is -2.10. The third-order valence-corrected chi connectivity index (χ3v) is 3.39. The van der Waals surface area contributed by atoms with Crippen LogP contribution in [0.2, 0.25) is 0 Å². The molecule has 1 aliphatic heterocycles. The highest BCUT2D eigenvalue weighted by atomic mass is 32.1. The summed E-state index contributed by atoms with van der Waals surface area (Å²) in [5.41, 5.74) is 7.48. The van der Waals surface area contributed by atoms with Crippen LogP contribution in [0.5, 0.6) is 0 Å². The summed E-state index contributed by atoms with van der Waals surface area (Å²) in [6.07, 6.45) is 1.07. The van der Waals surface area contributed by atoms with Crippen molar-refractivity contribution in [2.45, 2.75) is 6.42 Å². The minimum absolute atomic E-state index is 0.778. The predicted molar refractivity (Wildman–Crippen MR) is 61.9 cm³/mol. The van der Waals surface area contributed by atoms with Crippen molar-refractivity contribution in [1.82, 2.24) is 4.98 Å². The number of aromatic nitrogens is 1. The van der Waals surface area contributed by atoms with E-state index in [1.807, 2.05) is 23.3 Å². The molecule has 0 atom stereocenters. The van der Waals surface area contributed by atoms with Crippen molar-refractivity contribution in [3.05, 3.63) is 18.2 Å². The molecule has 2 heterocycles. The zero-order chi connectivity index (χ0) is 10.3. The largest absolute Gasteiger partial charge is 0.399 e.